The SMILES string of the molecule is C[C@H](NC(=O)[C@H]1C[C@H](c2ccccc2)CN1)C(=O)NCc1cc(Br)cc(C=N)c1[NH-]. The largest absolute Gasteiger partial charge is 0.698 e. The van der Waals surface area contributed by atoms with Crippen molar-refractivity contribution in [3.05, 3.63) is 69.4 Å². The standard InChI is InChI=1S/C22H26BrN5O2/c1-13(21(29)27-12-17-8-18(23)7-15(10-24)20(17)25)28-22(30)19-9-16(11-26-19)14-5-3-2-4-6-14/h2-8,10,13,16,19,26H,9,11-12H2,1H3,(H5,24,25,27,28,29,30)/p-1/t13-,16-,19+/m0/s1. The highest BCUT2D eigenvalue weighted by molar-refractivity contribution is 9.10. The van der Waals surface area contributed by atoms with Gasteiger partial charge in [-0.3, -0.25) is 9.59 Å². The fourth-order valence-electron chi connectivity index (χ4n) is 3.57. The van der Waals surface area contributed by atoms with Crippen LogP contribution in [-0.2, 0) is 16.1 Å². The fourth-order valence-corrected chi connectivity index (χ4v) is 4.09. The number of halogens is 1. The highest BCUT2D eigenvalue weighted by atomic mass is 79.9. The maximum absolute atomic E-state index is 12.6. The summed E-state index contributed by atoms with van der Waals surface area (Å²) in [5.41, 5.74) is 10.6. The summed E-state index contributed by atoms with van der Waals surface area (Å²) < 4.78 is 0.739. The van der Waals surface area contributed by atoms with Gasteiger partial charge in [-0.2, -0.15) is 0 Å². The summed E-state index contributed by atoms with van der Waals surface area (Å²) >= 11 is 3.35. The van der Waals surface area contributed by atoms with Crippen LogP contribution in [0, 0.1) is 5.41 Å². The van der Waals surface area contributed by atoms with E-state index in [-0.39, 0.29) is 36.0 Å². The highest BCUT2D eigenvalue weighted by Crippen LogP contribution is 2.27. The number of benzene rings is 2. The van der Waals surface area contributed by atoms with Gasteiger partial charge >= 0.3 is 0 Å². The molecule has 7 nitrogen and oxygen atoms in total. The Hall–Kier alpha value is -2.71. The van der Waals surface area contributed by atoms with E-state index in [1.807, 2.05) is 18.2 Å². The number of carbonyl (C=O) groups excluding carboxylic acids is 2. The van der Waals surface area contributed by atoms with Crippen LogP contribution in [-0.4, -0.2) is 36.7 Å². The summed E-state index contributed by atoms with van der Waals surface area (Å²) in [7, 11) is 0. The first-order chi connectivity index (χ1) is 14.4. The zero-order chi connectivity index (χ0) is 21.7. The molecule has 1 heterocycles. The van der Waals surface area contributed by atoms with E-state index in [1.165, 1.54) is 5.56 Å². The van der Waals surface area contributed by atoms with E-state index < -0.39 is 6.04 Å². The minimum atomic E-state index is -0.696. The van der Waals surface area contributed by atoms with Gasteiger partial charge in [0.1, 0.15) is 6.04 Å². The summed E-state index contributed by atoms with van der Waals surface area (Å²) in [4.78, 5) is 25.0. The lowest BCUT2D eigenvalue weighted by Crippen LogP contribution is -2.49. The van der Waals surface area contributed by atoms with Gasteiger partial charge < -0.3 is 27.1 Å². The van der Waals surface area contributed by atoms with Crippen LogP contribution < -0.4 is 16.0 Å². The van der Waals surface area contributed by atoms with Crippen molar-refractivity contribution in [2.75, 3.05) is 6.54 Å². The molecule has 5 N–H and O–H groups in total. The molecule has 0 unspecified atom stereocenters. The number of amides is 2. The van der Waals surface area contributed by atoms with Crippen LogP contribution in [0.4, 0.5) is 5.69 Å². The van der Waals surface area contributed by atoms with Crippen molar-refractivity contribution in [2.24, 2.45) is 0 Å². The van der Waals surface area contributed by atoms with E-state index in [2.05, 4.69) is 44.0 Å². The van der Waals surface area contributed by atoms with Crippen molar-refractivity contribution >= 4 is 39.6 Å². The Morgan fingerprint density at radius 3 is 2.77 bits per heavy atom. The van der Waals surface area contributed by atoms with E-state index in [4.69, 9.17) is 11.1 Å². The lowest BCUT2D eigenvalue weighted by atomic mass is 9.96. The van der Waals surface area contributed by atoms with Gasteiger partial charge in [-0.05, 0) is 48.1 Å². The molecule has 2 aromatic carbocycles. The lowest BCUT2D eigenvalue weighted by Gasteiger charge is -2.20. The molecule has 1 aliphatic heterocycles. The summed E-state index contributed by atoms with van der Waals surface area (Å²) in [6, 6.07) is 12.5. The monoisotopic (exact) mass is 470 g/mol. The van der Waals surface area contributed by atoms with Gasteiger partial charge in [0.2, 0.25) is 11.8 Å². The number of rotatable bonds is 7. The van der Waals surface area contributed by atoms with Crippen LogP contribution >= 0.6 is 15.9 Å². The Morgan fingerprint density at radius 1 is 1.33 bits per heavy atom. The topological polar surface area (TPSA) is 118 Å². The molecule has 0 saturated carbocycles. The molecular weight excluding hydrogens is 446 g/mol. The normalized spacial score (nSPS) is 19.1. The molecule has 3 atom stereocenters. The van der Waals surface area contributed by atoms with Gasteiger partial charge in [0.25, 0.3) is 0 Å². The van der Waals surface area contributed by atoms with Gasteiger partial charge in [0, 0.05) is 23.8 Å². The van der Waals surface area contributed by atoms with Gasteiger partial charge in [-0.1, -0.05) is 46.3 Å². The molecule has 0 radical (unpaired) electrons. The minimum Gasteiger partial charge on any atom is -0.698 e. The molecule has 0 aliphatic carbocycles. The first kappa shape index (κ1) is 22.0. The number of nitrogens with one attached hydrogen (secondary N) is 5. The summed E-state index contributed by atoms with van der Waals surface area (Å²) in [5.74, 6) is -0.233. The van der Waals surface area contributed by atoms with Crippen LogP contribution in [0.3, 0.4) is 0 Å². The smallest absolute Gasteiger partial charge is 0.242 e. The Labute approximate surface area is 184 Å². The first-order valence-corrected chi connectivity index (χ1v) is 10.6. The second kappa shape index (κ2) is 9.86. The molecule has 2 aromatic rings. The number of hydrogen-bond donors (Lipinski definition) is 4. The van der Waals surface area contributed by atoms with Crippen LogP contribution in [0.1, 0.15) is 36.0 Å². The van der Waals surface area contributed by atoms with Crippen LogP contribution in [0.25, 0.3) is 5.73 Å². The minimum absolute atomic E-state index is 0.149. The molecule has 1 aliphatic rings. The Morgan fingerprint density at radius 2 is 2.07 bits per heavy atom. The average molecular weight is 471 g/mol. The fraction of sp³-hybridized carbons (Fsp3) is 0.318. The van der Waals surface area contributed by atoms with Gasteiger partial charge in [0.05, 0.1) is 6.04 Å². The number of hydrogen-bond acceptors (Lipinski definition) is 4. The van der Waals surface area contributed by atoms with Crippen molar-refractivity contribution in [1.29, 1.82) is 5.41 Å². The van der Waals surface area contributed by atoms with E-state index in [9.17, 15) is 9.59 Å². The Bertz CT molecular complexity index is 935. The van der Waals surface area contributed by atoms with Crippen molar-refractivity contribution in [1.82, 2.24) is 16.0 Å². The molecule has 1 saturated heterocycles. The predicted octanol–water partition coefficient (Wildman–Crippen LogP) is 3.40. The van der Waals surface area contributed by atoms with E-state index >= 15 is 0 Å². The molecule has 30 heavy (non-hydrogen) atoms. The molecule has 158 valence electrons. The molecule has 2 amide bonds. The lowest BCUT2D eigenvalue weighted by molar-refractivity contribution is -0.129. The third-order valence-electron chi connectivity index (χ3n) is 5.29. The Balaban J connectivity index is 1.52. The van der Waals surface area contributed by atoms with E-state index in [1.54, 1.807) is 19.1 Å². The van der Waals surface area contributed by atoms with Gasteiger partial charge in [0.15, 0.2) is 0 Å². The molecule has 1 fully saturated rings. The molecular formula is C22H25BrN5O2-. The third-order valence-corrected chi connectivity index (χ3v) is 5.75. The summed E-state index contributed by atoms with van der Waals surface area (Å²) in [6.45, 7) is 2.52. The zero-order valence-electron chi connectivity index (χ0n) is 16.7. The van der Waals surface area contributed by atoms with Crippen molar-refractivity contribution in [3.8, 4) is 0 Å². The quantitative estimate of drug-likeness (QED) is 0.464. The summed E-state index contributed by atoms with van der Waals surface area (Å²) in [6.07, 6.45) is 1.80. The van der Waals surface area contributed by atoms with Crippen molar-refractivity contribution in [3.63, 3.8) is 0 Å². The molecule has 3 rings (SSSR count). The van der Waals surface area contributed by atoms with E-state index in [0.29, 0.717) is 17.5 Å². The van der Waals surface area contributed by atoms with Crippen molar-refractivity contribution < 1.29 is 9.59 Å². The molecule has 0 bridgehead atoms. The first-order valence-electron chi connectivity index (χ1n) is 9.80. The van der Waals surface area contributed by atoms with Crippen LogP contribution in [0.5, 0.6) is 0 Å². The van der Waals surface area contributed by atoms with E-state index in [0.717, 1.165) is 17.2 Å². The van der Waals surface area contributed by atoms with Gasteiger partial charge in [-0.25, -0.2) is 0 Å². The average Bonchev–Trinajstić information content (AvgIpc) is 3.25. The maximum atomic E-state index is 12.6. The summed E-state index contributed by atoms with van der Waals surface area (Å²) in [5, 5.41) is 16.2. The third kappa shape index (κ3) is 5.25. The molecule has 0 aromatic heterocycles. The second-order valence-corrected chi connectivity index (χ2v) is 8.34. The van der Waals surface area contributed by atoms with Crippen LogP contribution in [0.2, 0.25) is 0 Å². The van der Waals surface area contributed by atoms with Crippen LogP contribution in [0.15, 0.2) is 46.9 Å². The zero-order valence-corrected chi connectivity index (χ0v) is 18.3. The predicted molar refractivity (Wildman–Crippen MR) is 121 cm³/mol. The second-order valence-electron chi connectivity index (χ2n) is 7.43. The molecule has 8 heteroatoms. The highest BCUT2D eigenvalue weighted by Gasteiger charge is 2.31. The van der Waals surface area contributed by atoms with Crippen molar-refractivity contribution in [2.45, 2.75) is 37.9 Å². The molecule has 0 spiro atoms. The maximum Gasteiger partial charge on any atom is 0.242 e. The number of carbonyl (C=O) groups is 2. The van der Waals surface area contributed by atoms with Gasteiger partial charge in [-0.15, -0.1) is 5.69 Å². The Kier molecular flexibility index (Phi) is 7.23.